The van der Waals surface area contributed by atoms with Crippen molar-refractivity contribution in [1.29, 1.82) is 0 Å². The van der Waals surface area contributed by atoms with Crippen LogP contribution in [0.2, 0.25) is 0 Å². The topological polar surface area (TPSA) is 54.0 Å². The second-order valence-electron chi connectivity index (χ2n) is 8.28. The summed E-state index contributed by atoms with van der Waals surface area (Å²) in [7, 11) is 1.73. The molecule has 1 aliphatic heterocycles. The van der Waals surface area contributed by atoms with Crippen LogP contribution in [0.25, 0.3) is 0 Å². The minimum absolute atomic E-state index is 0.240. The number of hydrogen-bond donors (Lipinski definition) is 1. The van der Waals surface area contributed by atoms with Crippen LogP contribution in [0.4, 0.5) is 14.9 Å². The minimum Gasteiger partial charge on any atom is -0.489 e. The summed E-state index contributed by atoms with van der Waals surface area (Å²) in [6.45, 7) is 3.65. The Bertz CT molecular complexity index is 1090. The Balaban J connectivity index is 1.31. The van der Waals surface area contributed by atoms with E-state index in [1.807, 2.05) is 65.6 Å². The van der Waals surface area contributed by atoms with Gasteiger partial charge in [0.05, 0.1) is 25.4 Å². The number of nitrogens with zero attached hydrogens (tertiary/aromatic N) is 2. The van der Waals surface area contributed by atoms with Crippen LogP contribution < -0.4 is 15.0 Å². The van der Waals surface area contributed by atoms with Crippen LogP contribution in [0, 0.1) is 5.82 Å². The zero-order chi connectivity index (χ0) is 23.8. The molecule has 1 saturated heterocycles. The van der Waals surface area contributed by atoms with Gasteiger partial charge in [-0.2, -0.15) is 0 Å². The zero-order valence-electron chi connectivity index (χ0n) is 19.4. The van der Waals surface area contributed by atoms with E-state index in [1.54, 1.807) is 18.0 Å². The Morgan fingerprint density at radius 2 is 1.76 bits per heavy atom. The third kappa shape index (κ3) is 6.26. The molecule has 7 heteroatoms. The number of urea groups is 1. The fourth-order valence-electron chi connectivity index (χ4n) is 3.87. The van der Waals surface area contributed by atoms with E-state index in [4.69, 9.17) is 9.47 Å². The zero-order valence-corrected chi connectivity index (χ0v) is 19.4. The lowest BCUT2D eigenvalue weighted by molar-refractivity contribution is 0.122. The predicted octanol–water partition coefficient (Wildman–Crippen LogP) is 4.58. The van der Waals surface area contributed by atoms with Crippen LogP contribution in [0.15, 0.2) is 72.8 Å². The lowest BCUT2D eigenvalue weighted by atomic mass is 10.1. The Hall–Kier alpha value is -3.58. The third-order valence-electron chi connectivity index (χ3n) is 5.77. The first kappa shape index (κ1) is 23.6. The molecule has 34 heavy (non-hydrogen) atoms. The molecule has 0 radical (unpaired) electrons. The molecule has 1 aliphatic rings. The van der Waals surface area contributed by atoms with Crippen molar-refractivity contribution in [3.63, 3.8) is 0 Å². The van der Waals surface area contributed by atoms with Crippen molar-refractivity contribution < 1.29 is 18.7 Å². The van der Waals surface area contributed by atoms with E-state index in [0.29, 0.717) is 50.7 Å². The first-order valence-corrected chi connectivity index (χ1v) is 11.4. The number of anilines is 1. The highest BCUT2D eigenvalue weighted by molar-refractivity contribution is 5.74. The Kier molecular flexibility index (Phi) is 7.99. The van der Waals surface area contributed by atoms with Gasteiger partial charge in [-0.3, -0.25) is 0 Å². The Morgan fingerprint density at radius 1 is 1.03 bits per heavy atom. The highest BCUT2D eigenvalue weighted by Gasteiger charge is 2.16. The number of benzene rings is 3. The largest absolute Gasteiger partial charge is 0.489 e. The number of ether oxygens (including phenoxy) is 2. The van der Waals surface area contributed by atoms with Crippen LogP contribution in [-0.4, -0.2) is 44.3 Å². The molecule has 2 amide bonds. The third-order valence-corrected chi connectivity index (χ3v) is 5.77. The molecule has 0 saturated carbocycles. The van der Waals surface area contributed by atoms with Gasteiger partial charge in [0.1, 0.15) is 18.2 Å². The molecule has 0 aromatic heterocycles. The highest BCUT2D eigenvalue weighted by atomic mass is 19.1. The number of amides is 2. The number of rotatable bonds is 8. The average Bonchev–Trinajstić information content (AvgIpc) is 2.88. The summed E-state index contributed by atoms with van der Waals surface area (Å²) in [4.78, 5) is 16.2. The predicted molar refractivity (Wildman–Crippen MR) is 130 cm³/mol. The maximum Gasteiger partial charge on any atom is 0.317 e. The molecule has 1 fully saturated rings. The molecule has 0 bridgehead atoms. The molecule has 3 aromatic rings. The molecule has 1 heterocycles. The molecule has 0 aliphatic carbocycles. The van der Waals surface area contributed by atoms with Crippen LogP contribution in [0.3, 0.4) is 0 Å². The second kappa shape index (κ2) is 11.5. The number of nitrogens with one attached hydrogen (secondary N) is 1. The van der Waals surface area contributed by atoms with Crippen molar-refractivity contribution in [3.05, 3.63) is 95.3 Å². The van der Waals surface area contributed by atoms with E-state index in [9.17, 15) is 9.18 Å². The van der Waals surface area contributed by atoms with Crippen LogP contribution in [0.1, 0.15) is 16.7 Å². The van der Waals surface area contributed by atoms with Crippen LogP contribution in [-0.2, 0) is 24.4 Å². The molecular formula is C27H30FN3O3. The summed E-state index contributed by atoms with van der Waals surface area (Å²) in [6.07, 6.45) is 0. The molecule has 1 N–H and O–H groups in total. The fraction of sp³-hybridized carbons (Fsp3) is 0.296. The Morgan fingerprint density at radius 3 is 2.53 bits per heavy atom. The van der Waals surface area contributed by atoms with Crippen molar-refractivity contribution in [2.24, 2.45) is 0 Å². The van der Waals surface area contributed by atoms with Gasteiger partial charge in [-0.25, -0.2) is 9.18 Å². The summed E-state index contributed by atoms with van der Waals surface area (Å²) in [5, 5.41) is 2.87. The number of morpholine rings is 1. The van der Waals surface area contributed by atoms with Gasteiger partial charge in [-0.15, -0.1) is 0 Å². The van der Waals surface area contributed by atoms with Gasteiger partial charge in [0, 0.05) is 32.2 Å². The van der Waals surface area contributed by atoms with Gasteiger partial charge in [-0.05, 0) is 29.3 Å². The quantitative estimate of drug-likeness (QED) is 0.531. The summed E-state index contributed by atoms with van der Waals surface area (Å²) in [5.74, 6) is 0.457. The standard InChI is InChI=1S/C27H30FN3O3/c1-30(19-23-9-5-6-10-26(23)34-20-21-7-3-2-4-8-21)27(32)29-18-22-11-12-25(24(28)17-22)31-13-15-33-16-14-31/h2-12,17H,13-16,18-20H2,1H3,(H,29,32). The van der Waals surface area contributed by atoms with Gasteiger partial charge in [0.15, 0.2) is 0 Å². The summed E-state index contributed by atoms with van der Waals surface area (Å²) in [5.41, 5.74) is 3.28. The first-order chi connectivity index (χ1) is 16.6. The number of halogens is 1. The molecule has 0 unspecified atom stereocenters. The average molecular weight is 464 g/mol. The van der Waals surface area contributed by atoms with Gasteiger partial charge >= 0.3 is 6.03 Å². The van der Waals surface area contributed by atoms with Crippen LogP contribution >= 0.6 is 0 Å². The first-order valence-electron chi connectivity index (χ1n) is 11.4. The van der Waals surface area contributed by atoms with Gasteiger partial charge < -0.3 is 24.6 Å². The van der Waals surface area contributed by atoms with E-state index in [2.05, 4.69) is 5.32 Å². The highest BCUT2D eigenvalue weighted by Crippen LogP contribution is 2.23. The van der Waals surface area contributed by atoms with Gasteiger partial charge in [0.2, 0.25) is 0 Å². The smallest absolute Gasteiger partial charge is 0.317 e. The Labute approximate surface area is 199 Å². The minimum atomic E-state index is -0.286. The maximum absolute atomic E-state index is 14.6. The number of carbonyl (C=O) groups excluding carboxylic acids is 1. The molecule has 0 atom stereocenters. The number of para-hydroxylation sites is 1. The lowest BCUT2D eigenvalue weighted by Gasteiger charge is -2.29. The van der Waals surface area contributed by atoms with E-state index in [-0.39, 0.29) is 18.4 Å². The molecule has 4 rings (SSSR count). The second-order valence-corrected chi connectivity index (χ2v) is 8.28. The maximum atomic E-state index is 14.6. The summed E-state index contributed by atoms with van der Waals surface area (Å²) in [6, 6.07) is 22.5. The van der Waals surface area contributed by atoms with E-state index >= 15 is 0 Å². The van der Waals surface area contributed by atoms with Crippen molar-refractivity contribution in [2.75, 3.05) is 38.3 Å². The van der Waals surface area contributed by atoms with Crippen molar-refractivity contribution >= 4 is 11.7 Å². The molecule has 178 valence electrons. The van der Waals surface area contributed by atoms with E-state index < -0.39 is 0 Å². The van der Waals surface area contributed by atoms with Gasteiger partial charge in [0.25, 0.3) is 0 Å². The monoisotopic (exact) mass is 463 g/mol. The van der Waals surface area contributed by atoms with Crippen molar-refractivity contribution in [3.8, 4) is 5.75 Å². The lowest BCUT2D eigenvalue weighted by Crippen LogP contribution is -2.37. The summed E-state index contributed by atoms with van der Waals surface area (Å²) < 4.78 is 26.0. The van der Waals surface area contributed by atoms with Gasteiger partial charge in [-0.1, -0.05) is 54.6 Å². The molecule has 0 spiro atoms. The SMILES string of the molecule is CN(Cc1ccccc1OCc1ccccc1)C(=O)NCc1ccc(N2CCOCC2)c(F)c1. The van der Waals surface area contributed by atoms with Crippen molar-refractivity contribution in [1.82, 2.24) is 10.2 Å². The fourth-order valence-corrected chi connectivity index (χ4v) is 3.87. The van der Waals surface area contributed by atoms with E-state index in [0.717, 1.165) is 16.9 Å². The molecular weight excluding hydrogens is 433 g/mol. The number of hydrogen-bond acceptors (Lipinski definition) is 4. The van der Waals surface area contributed by atoms with Crippen LogP contribution in [0.5, 0.6) is 5.75 Å². The number of carbonyl (C=O) groups is 1. The normalized spacial score (nSPS) is 13.4. The molecule has 3 aromatic carbocycles. The molecule has 6 nitrogen and oxygen atoms in total. The van der Waals surface area contributed by atoms with Crippen molar-refractivity contribution in [2.45, 2.75) is 19.7 Å². The summed E-state index contributed by atoms with van der Waals surface area (Å²) >= 11 is 0. The van der Waals surface area contributed by atoms with E-state index in [1.165, 1.54) is 6.07 Å².